The van der Waals surface area contributed by atoms with Gasteiger partial charge in [-0.3, -0.25) is 14.4 Å². The number of piperidine rings is 1. The van der Waals surface area contributed by atoms with E-state index < -0.39 is 0 Å². The molecule has 0 spiro atoms. The number of hydrogen-bond acceptors (Lipinski definition) is 8. The highest BCUT2D eigenvalue weighted by Gasteiger charge is 2.32. The van der Waals surface area contributed by atoms with E-state index in [0.717, 1.165) is 53.1 Å². The molecule has 1 aliphatic carbocycles. The van der Waals surface area contributed by atoms with Crippen LogP contribution in [-0.4, -0.2) is 84.4 Å². The molecule has 6 aromatic rings. The topological polar surface area (TPSA) is 140 Å². The average Bonchev–Trinajstić information content (AvgIpc) is 3.89. The van der Waals surface area contributed by atoms with E-state index in [1.165, 1.54) is 6.20 Å². The first-order valence-electron chi connectivity index (χ1n) is 18.8. The van der Waals surface area contributed by atoms with Gasteiger partial charge in [-0.2, -0.15) is 5.10 Å². The highest BCUT2D eigenvalue weighted by Crippen LogP contribution is 2.42. The normalized spacial score (nSPS) is 15.7. The Balaban J connectivity index is 0.878. The van der Waals surface area contributed by atoms with Crippen LogP contribution in [0.5, 0.6) is 5.75 Å². The fourth-order valence-corrected chi connectivity index (χ4v) is 8.32. The van der Waals surface area contributed by atoms with Crippen LogP contribution >= 0.6 is 11.6 Å². The number of anilines is 1. The Morgan fingerprint density at radius 1 is 0.964 bits per heavy atom. The molecule has 56 heavy (non-hydrogen) atoms. The van der Waals surface area contributed by atoms with Crippen molar-refractivity contribution in [1.82, 2.24) is 39.4 Å². The van der Waals surface area contributed by atoms with E-state index in [2.05, 4.69) is 25.7 Å². The van der Waals surface area contributed by atoms with Gasteiger partial charge in [-0.25, -0.2) is 14.2 Å². The lowest BCUT2D eigenvalue weighted by molar-refractivity contribution is 0.0689. The van der Waals surface area contributed by atoms with Gasteiger partial charge in [-0.15, -0.1) is 5.10 Å². The Labute approximate surface area is 329 Å². The number of carbonyl (C=O) groups is 3. The number of aryl methyl sites for hydroxylation is 2. The lowest BCUT2D eigenvalue weighted by Crippen LogP contribution is -2.39. The number of methoxy groups -OCH3 is 1. The van der Waals surface area contributed by atoms with Crippen LogP contribution in [0.15, 0.2) is 79.1 Å². The van der Waals surface area contributed by atoms with Crippen LogP contribution in [0.1, 0.15) is 91.4 Å². The molecule has 8 rings (SSSR count). The molecule has 1 unspecified atom stereocenters. The molecule has 0 saturated carbocycles. The molecule has 286 valence electrons. The quantitative estimate of drug-likeness (QED) is 0.172. The number of carbonyl (C=O) groups excluding carboxylic acids is 3. The van der Waals surface area contributed by atoms with Gasteiger partial charge in [0.25, 0.3) is 17.7 Å². The van der Waals surface area contributed by atoms with E-state index in [4.69, 9.17) is 16.3 Å². The first-order chi connectivity index (χ1) is 27.1. The Morgan fingerprint density at radius 2 is 1.73 bits per heavy atom. The maximum absolute atomic E-state index is 13.8. The number of amides is 3. The van der Waals surface area contributed by atoms with E-state index in [-0.39, 0.29) is 29.8 Å². The summed E-state index contributed by atoms with van der Waals surface area (Å²) in [7, 11) is 3.45. The van der Waals surface area contributed by atoms with Gasteiger partial charge in [0, 0.05) is 70.1 Å². The molecule has 3 aromatic heterocycles. The molecule has 1 saturated heterocycles. The third-order valence-electron chi connectivity index (χ3n) is 11.0. The second kappa shape index (κ2) is 15.2. The molecule has 3 amide bonds. The predicted molar refractivity (Wildman–Crippen MR) is 212 cm³/mol. The molecule has 4 heterocycles. The third kappa shape index (κ3) is 6.98. The van der Waals surface area contributed by atoms with Crippen molar-refractivity contribution in [2.75, 3.05) is 32.6 Å². The van der Waals surface area contributed by atoms with Crippen molar-refractivity contribution in [3.05, 3.63) is 123 Å². The standard InChI is InChI=1S/C42H42ClN9O4/c1-25-21-26(2)52-39(45-25)33(23-44-52)40(53)46-30-13-11-27(12-14-30)35-24-51(48-47-35)31-17-19-50(20-18-31)42(55)29-8-5-7-28(22-29)41(54)49(3)36-10-6-9-32-37(56-4)16-15-34(43)38(32)36/h5,7-8,11-16,21-24,31,36H,6,9-10,17-20H2,1-4H3,(H,46,53). The number of halogens is 1. The SMILES string of the molecule is COc1ccc(Cl)c2c1CCCC2N(C)C(=O)c1cccc(C(=O)N2CCC(n3cc(-c4ccc(NC(=O)c5cnn6c(C)cc(C)nc56)cc4)nn3)CC2)c1. The maximum Gasteiger partial charge on any atom is 0.261 e. The van der Waals surface area contributed by atoms with Crippen LogP contribution in [0.2, 0.25) is 5.02 Å². The number of aromatic nitrogens is 6. The van der Waals surface area contributed by atoms with Crippen molar-refractivity contribution in [2.45, 2.75) is 58.0 Å². The number of ether oxygens (including phenoxy) is 1. The molecule has 2 aliphatic rings. The molecule has 0 bridgehead atoms. The van der Waals surface area contributed by atoms with E-state index in [1.807, 2.05) is 72.1 Å². The monoisotopic (exact) mass is 771 g/mol. The van der Waals surface area contributed by atoms with Crippen LogP contribution in [-0.2, 0) is 6.42 Å². The zero-order valence-corrected chi connectivity index (χ0v) is 32.5. The van der Waals surface area contributed by atoms with Gasteiger partial charge < -0.3 is 19.9 Å². The summed E-state index contributed by atoms with van der Waals surface area (Å²) in [5.74, 6) is 0.228. The average molecular weight is 772 g/mol. The minimum atomic E-state index is -0.289. The molecule has 1 aliphatic heterocycles. The van der Waals surface area contributed by atoms with Gasteiger partial charge >= 0.3 is 0 Å². The fraction of sp³-hybridized carbons (Fsp3) is 0.310. The lowest BCUT2D eigenvalue weighted by atomic mass is 9.86. The zero-order chi connectivity index (χ0) is 39.1. The summed E-state index contributed by atoms with van der Waals surface area (Å²) in [6.07, 6.45) is 7.42. The molecule has 1 atom stereocenters. The van der Waals surface area contributed by atoms with E-state index >= 15 is 0 Å². The van der Waals surface area contributed by atoms with Gasteiger partial charge in [0.1, 0.15) is 17.0 Å². The van der Waals surface area contributed by atoms with E-state index in [9.17, 15) is 14.4 Å². The van der Waals surface area contributed by atoms with Crippen LogP contribution < -0.4 is 10.1 Å². The molecule has 14 heteroatoms. The number of fused-ring (bicyclic) bond motifs is 2. The second-order valence-corrected chi connectivity index (χ2v) is 14.9. The number of likely N-dealkylation sites (tertiary alicyclic amines) is 1. The van der Waals surface area contributed by atoms with Gasteiger partial charge in [0.15, 0.2) is 5.65 Å². The summed E-state index contributed by atoms with van der Waals surface area (Å²) < 4.78 is 9.13. The molecule has 1 fully saturated rings. The molecule has 13 nitrogen and oxygen atoms in total. The van der Waals surface area contributed by atoms with Gasteiger partial charge in [-0.1, -0.05) is 35.0 Å². The highest BCUT2D eigenvalue weighted by atomic mass is 35.5. The minimum Gasteiger partial charge on any atom is -0.496 e. The maximum atomic E-state index is 13.8. The number of nitrogens with one attached hydrogen (secondary N) is 1. The minimum absolute atomic E-state index is 0.0796. The Morgan fingerprint density at radius 3 is 2.50 bits per heavy atom. The number of hydrogen-bond donors (Lipinski definition) is 1. The van der Waals surface area contributed by atoms with E-state index in [1.54, 1.807) is 47.8 Å². The smallest absolute Gasteiger partial charge is 0.261 e. The van der Waals surface area contributed by atoms with Crippen molar-refractivity contribution in [3.63, 3.8) is 0 Å². The van der Waals surface area contributed by atoms with Crippen molar-refractivity contribution >= 4 is 40.7 Å². The van der Waals surface area contributed by atoms with Gasteiger partial charge in [0.05, 0.1) is 31.6 Å². The highest BCUT2D eigenvalue weighted by molar-refractivity contribution is 6.31. The first kappa shape index (κ1) is 36.9. The molecular formula is C42H42ClN9O4. The van der Waals surface area contributed by atoms with Crippen molar-refractivity contribution < 1.29 is 19.1 Å². The first-order valence-corrected chi connectivity index (χ1v) is 19.1. The fourth-order valence-electron chi connectivity index (χ4n) is 8.02. The van der Waals surface area contributed by atoms with Crippen LogP contribution in [0, 0.1) is 13.8 Å². The van der Waals surface area contributed by atoms with Crippen molar-refractivity contribution in [3.8, 4) is 17.0 Å². The van der Waals surface area contributed by atoms with Crippen LogP contribution in [0.3, 0.4) is 0 Å². The Hall–Kier alpha value is -6.08. The second-order valence-electron chi connectivity index (χ2n) is 14.5. The summed E-state index contributed by atoms with van der Waals surface area (Å²) in [5.41, 5.74) is 7.76. The summed E-state index contributed by atoms with van der Waals surface area (Å²) in [4.78, 5) is 48.7. The van der Waals surface area contributed by atoms with Crippen molar-refractivity contribution in [1.29, 1.82) is 0 Å². The third-order valence-corrected chi connectivity index (χ3v) is 11.3. The lowest BCUT2D eigenvalue weighted by Gasteiger charge is -2.35. The van der Waals surface area contributed by atoms with E-state index in [0.29, 0.717) is 64.7 Å². The predicted octanol–water partition coefficient (Wildman–Crippen LogP) is 7.15. The van der Waals surface area contributed by atoms with Crippen molar-refractivity contribution in [2.24, 2.45) is 0 Å². The molecule has 1 N–H and O–H groups in total. The summed E-state index contributed by atoms with van der Waals surface area (Å²) in [6, 6.07) is 19.9. The zero-order valence-electron chi connectivity index (χ0n) is 31.7. The van der Waals surface area contributed by atoms with Crippen LogP contribution in [0.25, 0.3) is 16.9 Å². The van der Waals surface area contributed by atoms with Crippen LogP contribution in [0.4, 0.5) is 5.69 Å². The largest absolute Gasteiger partial charge is 0.496 e. The summed E-state index contributed by atoms with van der Waals surface area (Å²) in [6.45, 7) is 4.91. The Kier molecular flexibility index (Phi) is 10.0. The molecular weight excluding hydrogens is 730 g/mol. The molecule has 3 aromatic carbocycles. The summed E-state index contributed by atoms with van der Waals surface area (Å²) >= 11 is 6.68. The number of nitrogens with zero attached hydrogens (tertiary/aromatic N) is 8. The van der Waals surface area contributed by atoms with Gasteiger partial charge in [-0.05, 0) is 94.5 Å². The number of rotatable bonds is 8. The number of benzene rings is 3. The Bertz CT molecular complexity index is 2470. The molecule has 0 radical (unpaired) electrons. The summed E-state index contributed by atoms with van der Waals surface area (Å²) in [5, 5.41) is 16.7. The van der Waals surface area contributed by atoms with Gasteiger partial charge in [0.2, 0.25) is 0 Å².